The third-order valence-corrected chi connectivity index (χ3v) is 6.72. The number of aromatic hydroxyl groups is 2. The van der Waals surface area contributed by atoms with Crippen LogP contribution in [0.3, 0.4) is 0 Å². The number of hydrogen-bond donors (Lipinski definition) is 2. The molecule has 2 aliphatic heterocycles. The molecule has 2 aromatic rings. The number of ether oxygens (including phenoxy) is 2. The lowest BCUT2D eigenvalue weighted by Crippen LogP contribution is -2.41. The van der Waals surface area contributed by atoms with Crippen LogP contribution in [0.1, 0.15) is 56.4 Å². The fourth-order valence-electron chi connectivity index (χ4n) is 5.09. The van der Waals surface area contributed by atoms with Gasteiger partial charge in [0.2, 0.25) is 11.8 Å². The number of benzene rings is 1. The minimum Gasteiger partial charge on any atom is -0.494 e. The van der Waals surface area contributed by atoms with Crippen LogP contribution in [0.15, 0.2) is 18.2 Å². The van der Waals surface area contributed by atoms with E-state index < -0.39 is 52.5 Å². The Morgan fingerprint density at radius 2 is 1.88 bits per heavy atom. The molecular weight excluding hydrogens is 455 g/mol. The van der Waals surface area contributed by atoms with E-state index in [1.807, 2.05) is 0 Å². The number of nitrogens with zero attached hydrogens (tertiary/aromatic N) is 3. The Morgan fingerprint density at radius 1 is 1.26 bits per heavy atom. The molecule has 1 aromatic carbocycles. The summed E-state index contributed by atoms with van der Waals surface area (Å²) in [5.74, 6) is -1.01. The summed E-state index contributed by atoms with van der Waals surface area (Å²) in [6.07, 6.45) is -5.98. The normalized spacial score (nSPS) is 25.2. The Kier molecular flexibility index (Phi) is 5.28. The van der Waals surface area contributed by atoms with Crippen LogP contribution in [0.2, 0.25) is 0 Å². The molecule has 2 N–H and O–H groups in total. The largest absolute Gasteiger partial charge is 0.494 e. The summed E-state index contributed by atoms with van der Waals surface area (Å²) in [4.78, 5) is 14.0. The third-order valence-electron chi connectivity index (χ3n) is 6.72. The molecule has 1 amide bonds. The van der Waals surface area contributed by atoms with Gasteiger partial charge in [0.15, 0.2) is 0 Å². The van der Waals surface area contributed by atoms with Gasteiger partial charge in [-0.1, -0.05) is 0 Å². The van der Waals surface area contributed by atoms with Crippen molar-refractivity contribution in [1.82, 2.24) is 9.47 Å². The predicted octanol–water partition coefficient (Wildman–Crippen LogP) is 4.49. The Balaban J connectivity index is 1.82. The second-order valence-electron chi connectivity index (χ2n) is 8.76. The van der Waals surface area contributed by atoms with Crippen molar-refractivity contribution in [2.24, 2.45) is 0 Å². The van der Waals surface area contributed by atoms with Crippen molar-refractivity contribution in [3.05, 3.63) is 40.5 Å². The molecule has 0 saturated carbocycles. The van der Waals surface area contributed by atoms with Crippen molar-refractivity contribution < 1.29 is 37.7 Å². The predicted molar refractivity (Wildman–Crippen MR) is 112 cm³/mol. The first-order chi connectivity index (χ1) is 15.8. The van der Waals surface area contributed by atoms with Crippen molar-refractivity contribution in [1.29, 1.82) is 5.26 Å². The number of hydrogen-bond acceptors (Lipinski definition) is 6. The second kappa shape index (κ2) is 7.56. The summed E-state index contributed by atoms with van der Waals surface area (Å²) in [5.41, 5.74) is -4.07. The molecule has 0 spiro atoms. The summed E-state index contributed by atoms with van der Waals surface area (Å²) < 4.78 is 53.2. The van der Waals surface area contributed by atoms with E-state index in [0.717, 1.165) is 10.6 Å². The molecule has 2 aliphatic rings. The number of rotatable bonds is 4. The van der Waals surface area contributed by atoms with Gasteiger partial charge in [0.25, 0.3) is 0 Å². The van der Waals surface area contributed by atoms with Gasteiger partial charge in [-0.2, -0.15) is 18.4 Å². The van der Waals surface area contributed by atoms with Crippen LogP contribution in [0.25, 0.3) is 5.69 Å². The van der Waals surface area contributed by atoms with Gasteiger partial charge in [0.05, 0.1) is 34.0 Å². The molecule has 8 nitrogen and oxygen atoms in total. The topological polar surface area (TPSA) is 108 Å². The highest BCUT2D eigenvalue weighted by Gasteiger charge is 2.66. The average Bonchev–Trinajstić information content (AvgIpc) is 3.28. The summed E-state index contributed by atoms with van der Waals surface area (Å²) >= 11 is 0. The number of carbonyl (C=O) groups is 1. The first-order valence-electron chi connectivity index (χ1n) is 10.8. The Bertz CT molecular complexity index is 1210. The lowest BCUT2D eigenvalue weighted by atomic mass is 9.78. The molecule has 4 rings (SSSR count). The maximum absolute atomic E-state index is 13.5. The quantitative estimate of drug-likeness (QED) is 0.669. The molecule has 1 saturated heterocycles. The highest BCUT2D eigenvalue weighted by atomic mass is 19.4. The first-order valence-corrected chi connectivity index (χ1v) is 10.8. The van der Waals surface area contributed by atoms with Gasteiger partial charge >= 0.3 is 12.3 Å². The van der Waals surface area contributed by atoms with E-state index in [2.05, 4.69) is 0 Å². The number of aromatic nitrogens is 1. The molecule has 0 radical (unpaired) electrons. The molecule has 2 bridgehead atoms. The zero-order chi connectivity index (χ0) is 25.2. The Hall–Kier alpha value is -3.39. The molecule has 3 heterocycles. The van der Waals surface area contributed by atoms with Crippen molar-refractivity contribution in [2.75, 3.05) is 13.1 Å². The van der Waals surface area contributed by atoms with Gasteiger partial charge in [-0.15, -0.1) is 0 Å². The van der Waals surface area contributed by atoms with E-state index in [0.29, 0.717) is 19.2 Å². The lowest BCUT2D eigenvalue weighted by Gasteiger charge is -2.31. The molecule has 1 aromatic heterocycles. The van der Waals surface area contributed by atoms with E-state index in [1.54, 1.807) is 27.7 Å². The maximum Gasteiger partial charge on any atom is 0.417 e. The van der Waals surface area contributed by atoms with E-state index in [4.69, 9.17) is 14.7 Å². The number of fused-ring (bicyclic) bond motifs is 5. The van der Waals surface area contributed by atoms with Gasteiger partial charge in [0.1, 0.15) is 17.3 Å². The fraction of sp³-hybridized carbons (Fsp3) is 0.478. The van der Waals surface area contributed by atoms with Gasteiger partial charge in [-0.05, 0) is 45.9 Å². The summed E-state index contributed by atoms with van der Waals surface area (Å²) in [6.45, 7) is 7.74. The van der Waals surface area contributed by atoms with Crippen LogP contribution < -0.4 is 0 Å². The van der Waals surface area contributed by atoms with Crippen LogP contribution in [0.4, 0.5) is 18.0 Å². The SMILES string of the molecule is CCN(CC)C(=O)O[C@H]1C[C@@]2(C)O[C@]1(C)c1c2c(O)n(-c2ccc(C#N)c(C(F)(F)F)c2)c1O. The van der Waals surface area contributed by atoms with Crippen LogP contribution in [-0.2, 0) is 26.9 Å². The number of amides is 1. The zero-order valence-electron chi connectivity index (χ0n) is 19.0. The van der Waals surface area contributed by atoms with Gasteiger partial charge in [-0.25, -0.2) is 4.79 Å². The van der Waals surface area contributed by atoms with E-state index in [9.17, 15) is 28.2 Å². The molecule has 1 fully saturated rings. The van der Waals surface area contributed by atoms with Gasteiger partial charge in [0, 0.05) is 19.5 Å². The van der Waals surface area contributed by atoms with Crippen LogP contribution in [0.5, 0.6) is 11.8 Å². The van der Waals surface area contributed by atoms with Crippen molar-refractivity contribution in [3.63, 3.8) is 0 Å². The molecule has 182 valence electrons. The van der Waals surface area contributed by atoms with Crippen LogP contribution in [-0.4, -0.2) is 45.0 Å². The highest BCUT2D eigenvalue weighted by molar-refractivity contribution is 5.69. The molecule has 3 atom stereocenters. The number of halogens is 3. The van der Waals surface area contributed by atoms with E-state index >= 15 is 0 Å². The van der Waals surface area contributed by atoms with Crippen LogP contribution >= 0.6 is 0 Å². The molecule has 0 unspecified atom stereocenters. The lowest BCUT2D eigenvalue weighted by molar-refractivity contribution is -0.137. The molecule has 0 aliphatic carbocycles. The standard InChI is InChI=1S/C23H24F3N3O5/c1-5-28(6-2)20(32)33-15-10-21(3)16-17(22(15,4)34-21)19(31)29(18(16)30)13-8-7-12(11-27)14(9-13)23(24,25)26/h7-9,15,30-31H,5-6,10H2,1-4H3/t15-,21+,22-/m0/s1. The zero-order valence-corrected chi connectivity index (χ0v) is 19.0. The van der Waals surface area contributed by atoms with Crippen molar-refractivity contribution in [3.8, 4) is 23.5 Å². The molecule has 11 heteroatoms. The number of nitriles is 1. The summed E-state index contributed by atoms with van der Waals surface area (Å²) in [5, 5.41) is 31.1. The van der Waals surface area contributed by atoms with Crippen molar-refractivity contribution >= 4 is 6.09 Å². The third kappa shape index (κ3) is 3.20. The Labute approximate surface area is 193 Å². The fourth-order valence-corrected chi connectivity index (χ4v) is 5.09. The van der Waals surface area contributed by atoms with Gasteiger partial charge in [-0.3, -0.25) is 4.57 Å². The highest BCUT2D eigenvalue weighted by Crippen LogP contribution is 2.65. The number of alkyl halides is 3. The van der Waals surface area contributed by atoms with Crippen LogP contribution in [0, 0.1) is 11.3 Å². The summed E-state index contributed by atoms with van der Waals surface area (Å²) in [6, 6.07) is 4.37. The van der Waals surface area contributed by atoms with E-state index in [1.165, 1.54) is 17.0 Å². The monoisotopic (exact) mass is 479 g/mol. The van der Waals surface area contributed by atoms with Gasteiger partial charge < -0.3 is 24.6 Å². The second-order valence-corrected chi connectivity index (χ2v) is 8.76. The number of carbonyl (C=O) groups excluding carboxylic acids is 1. The minimum atomic E-state index is -4.81. The minimum absolute atomic E-state index is 0.147. The Morgan fingerprint density at radius 3 is 2.44 bits per heavy atom. The molecular formula is C23H24F3N3O5. The smallest absolute Gasteiger partial charge is 0.417 e. The first kappa shape index (κ1) is 23.8. The maximum atomic E-state index is 13.5. The average molecular weight is 479 g/mol. The van der Waals surface area contributed by atoms with E-state index in [-0.39, 0.29) is 23.2 Å². The summed E-state index contributed by atoms with van der Waals surface area (Å²) in [7, 11) is 0. The molecule has 34 heavy (non-hydrogen) atoms. The van der Waals surface area contributed by atoms with Crippen molar-refractivity contribution in [2.45, 2.75) is 57.6 Å².